The van der Waals surface area contributed by atoms with E-state index in [0.717, 1.165) is 98.0 Å². The number of carbonyl (C=O) groups excluding carboxylic acids is 8. The molecule has 4 aromatic heterocycles. The average Bonchev–Trinajstić information content (AvgIpc) is 1.75. The number of aryl methyl sites for hydroxylation is 4. The Kier molecular flexibility index (Phi) is 49.8. The first-order chi connectivity index (χ1) is 67.0. The molecule has 0 radical (unpaired) electrons. The first kappa shape index (κ1) is 119. The van der Waals surface area contributed by atoms with Crippen LogP contribution in [-0.2, 0) is 146 Å². The van der Waals surface area contributed by atoms with Gasteiger partial charge in [-0.2, -0.15) is 16.8 Å². The van der Waals surface area contributed by atoms with Gasteiger partial charge >= 0.3 is 74.5 Å². The van der Waals surface area contributed by atoms with Gasteiger partial charge in [-0.3, -0.25) is 42.4 Å². The van der Waals surface area contributed by atoms with E-state index < -0.39 is 115 Å². The molecule has 760 valence electrons. The van der Waals surface area contributed by atoms with Crippen molar-refractivity contribution < 1.29 is 126 Å². The van der Waals surface area contributed by atoms with Crippen LogP contribution in [0.4, 0.5) is 41.9 Å². The Hall–Kier alpha value is -12.8. The molecule has 0 saturated heterocycles. The van der Waals surface area contributed by atoms with Gasteiger partial charge in [0.1, 0.15) is 44.2 Å². The summed E-state index contributed by atoms with van der Waals surface area (Å²) in [5.41, 5.74) is 17.7. The fraction of sp³-hybridized carbons (Fsp3) is 0.306. The van der Waals surface area contributed by atoms with Crippen molar-refractivity contribution in [2.45, 2.75) is 168 Å². The van der Waals surface area contributed by atoms with E-state index in [1.165, 1.54) is 110 Å². The number of thiazole rings is 4. The maximum atomic E-state index is 13.4. The number of alkyl carbamates (subject to hydrolysis) is 4. The molecule has 0 aliphatic heterocycles. The van der Waals surface area contributed by atoms with Crippen LogP contribution in [0.15, 0.2) is 240 Å². The van der Waals surface area contributed by atoms with Crippen molar-refractivity contribution in [3.63, 3.8) is 0 Å². The Bertz CT molecular complexity index is 5880. The average molecular weight is 2100 g/mol. The summed E-state index contributed by atoms with van der Waals surface area (Å²) in [6.45, 7) is 8.01. The molecular weight excluding hydrogens is 1980 g/mol. The second-order valence-corrected chi connectivity index (χ2v) is 38.2. The van der Waals surface area contributed by atoms with E-state index in [2.05, 4.69) is 62.5 Å². The number of rotatable bonds is 42. The fourth-order valence-electron chi connectivity index (χ4n) is 13.7. The monoisotopic (exact) mass is 2100 g/mol. The number of benzene rings is 8. The molecule has 0 bridgehead atoms. The Morgan fingerprint density at radius 3 is 0.692 bits per heavy atom. The van der Waals surface area contributed by atoms with Gasteiger partial charge in [0, 0.05) is 58.6 Å². The minimum Gasteiger partial charge on any atom is -0.731 e. The molecule has 37 nitrogen and oxygen atoms in total. The quantitative estimate of drug-likeness (QED) is 0.00731. The smallest absolute Gasteiger partial charge is 0.731 e. The molecule has 0 aliphatic carbocycles. The largest absolute Gasteiger partial charge is 1.00 e. The predicted octanol–water partition coefficient (Wildman–Crippen LogP) is 11.5. The van der Waals surface area contributed by atoms with Gasteiger partial charge in [0.15, 0.2) is 10.3 Å². The number of nitrogens with zero attached hydrogens (tertiary/aromatic N) is 4. The molecule has 143 heavy (non-hydrogen) atoms. The zero-order valence-electron chi connectivity index (χ0n) is 78.6. The van der Waals surface area contributed by atoms with Crippen molar-refractivity contribution in [2.24, 2.45) is 0 Å². The first-order valence-electron chi connectivity index (χ1n) is 43.9. The van der Waals surface area contributed by atoms with Crippen LogP contribution in [-0.4, -0.2) is 159 Å². The van der Waals surface area contributed by atoms with Gasteiger partial charge in [-0.25, -0.2) is 47.5 Å². The molecule has 0 saturated carbocycles. The number of nitrogens with one attached hydrogen (secondary N) is 11. The van der Waals surface area contributed by atoms with Crippen LogP contribution in [0.5, 0.6) is 0 Å². The molecule has 8 amide bonds. The predicted molar refractivity (Wildman–Crippen MR) is 550 cm³/mol. The number of hydrogen-bond donors (Lipinski definition) is 14. The number of hydrogen-bond acceptors (Lipinski definition) is 28. The van der Waals surface area contributed by atoms with Crippen molar-refractivity contribution in [3.05, 3.63) is 327 Å². The van der Waals surface area contributed by atoms with E-state index in [9.17, 15) is 68.2 Å². The zero-order chi connectivity index (χ0) is 101. The van der Waals surface area contributed by atoms with Crippen LogP contribution in [0, 0.1) is 0 Å². The molecule has 4 heterocycles. The SMILES string of the molecule is C.C.CCc1csc([C@H](Cc2ccc(N)cc2)NC(=O)[C@H](Cc2ccccc2)NC(=O)OC)n1.CCc1csc([C@H](Cc2ccc(NS(=O)(=O)O)cc2)NC(=O)[C@H](Cc2ccccc2)NC(=O)OC)n1.CCc1csc([C@H](Cc2ccc(NS(=O)(=O)O)cc2)NC(=O)[C@H](Cc2ccccc2)NC(=O)OC)n1.CCc1csc([C@H](Cc2ccc(NS(=O)(=O)[O-])cc2)NC(=O)[C@H](Cc2ccccc2)NC(=O)OC)n1.[Na+]. The van der Waals surface area contributed by atoms with Crippen molar-refractivity contribution in [1.82, 2.24) is 62.5 Å². The van der Waals surface area contributed by atoms with Gasteiger partial charge in [-0.05, 0) is 144 Å². The molecule has 0 unspecified atom stereocenters. The number of amides is 8. The van der Waals surface area contributed by atoms with Crippen LogP contribution in [0.3, 0.4) is 0 Å². The summed E-state index contributed by atoms with van der Waals surface area (Å²) in [7, 11) is -8.41. The molecule has 12 aromatic rings. The number of anilines is 4. The Balaban J connectivity index is 0.000000290. The van der Waals surface area contributed by atoms with Crippen molar-refractivity contribution in [3.8, 4) is 0 Å². The van der Waals surface area contributed by atoms with Gasteiger partial charge < -0.3 is 71.8 Å². The van der Waals surface area contributed by atoms with Crippen molar-refractivity contribution >= 4 is 147 Å². The number of carbonyl (C=O) groups is 8. The summed E-state index contributed by atoms with van der Waals surface area (Å²) in [5, 5.41) is 33.3. The topological polar surface area (TPSA) is 549 Å². The minimum absolute atomic E-state index is 0. The first-order valence-corrected chi connectivity index (χ1v) is 51.7. The van der Waals surface area contributed by atoms with Crippen LogP contribution in [0.25, 0.3) is 0 Å². The second-order valence-electron chi connectivity index (χ2n) is 31.2. The van der Waals surface area contributed by atoms with Crippen LogP contribution >= 0.6 is 45.3 Å². The Morgan fingerprint density at radius 1 is 0.315 bits per heavy atom. The van der Waals surface area contributed by atoms with Crippen LogP contribution in [0.1, 0.15) is 154 Å². The summed E-state index contributed by atoms with van der Waals surface area (Å²) in [6, 6.07) is 58.8. The molecule has 0 aliphatic rings. The summed E-state index contributed by atoms with van der Waals surface area (Å²) < 4.78 is 120. The van der Waals surface area contributed by atoms with E-state index in [4.69, 9.17) is 33.8 Å². The third-order valence-corrected chi connectivity index (χ3v) is 26.3. The maximum Gasteiger partial charge on any atom is 1.00 e. The number of nitrogen functional groups attached to an aromatic ring is 1. The van der Waals surface area contributed by atoms with E-state index in [1.54, 1.807) is 36.4 Å². The van der Waals surface area contributed by atoms with E-state index in [-0.39, 0.29) is 92.7 Å². The third kappa shape index (κ3) is 42.3. The molecule has 0 spiro atoms. The molecule has 8 aromatic carbocycles. The van der Waals surface area contributed by atoms with Gasteiger partial charge in [-0.1, -0.05) is 212 Å². The number of aromatic nitrogens is 4. The summed E-state index contributed by atoms with van der Waals surface area (Å²) in [5.74, 6) is -1.49. The maximum absolute atomic E-state index is 13.4. The molecule has 12 rings (SSSR count). The summed E-state index contributed by atoms with van der Waals surface area (Å²) in [4.78, 5) is 120. The molecule has 15 N–H and O–H groups in total. The van der Waals surface area contributed by atoms with Gasteiger partial charge in [0.2, 0.25) is 23.6 Å². The van der Waals surface area contributed by atoms with E-state index in [0.29, 0.717) is 52.8 Å². The number of ether oxygens (including phenoxy) is 4. The second kappa shape index (κ2) is 59.9. The van der Waals surface area contributed by atoms with Gasteiger partial charge in [0.25, 0.3) is 0 Å². The molecule has 0 fully saturated rings. The minimum atomic E-state index is -4.63. The number of nitrogens with two attached hydrogens (primary N) is 1. The normalized spacial score (nSPS) is 12.5. The van der Waals surface area contributed by atoms with Crippen molar-refractivity contribution in [1.29, 1.82) is 0 Å². The fourth-order valence-corrected chi connectivity index (χ4v) is 18.8. The van der Waals surface area contributed by atoms with Gasteiger partial charge in [0.05, 0.1) is 86.8 Å². The third-order valence-electron chi connectivity index (χ3n) is 20.8. The van der Waals surface area contributed by atoms with Crippen LogP contribution in [0.2, 0.25) is 0 Å². The Labute approximate surface area is 871 Å². The van der Waals surface area contributed by atoms with E-state index in [1.807, 2.05) is 209 Å². The zero-order valence-corrected chi connectivity index (χ0v) is 86.3. The van der Waals surface area contributed by atoms with E-state index >= 15 is 0 Å². The molecule has 45 heteroatoms. The van der Waals surface area contributed by atoms with Crippen molar-refractivity contribution in [2.75, 3.05) is 48.3 Å². The number of methoxy groups -OCH3 is 4. The standard InChI is InChI=1S/3C24H28N4O6S2.C24H28N4O3S.2CH4.Na/c3*1-3-18-15-35-23(25-18)21(14-17-9-11-19(12-10-17)28-36(31,32)33)26-22(29)20(27-24(30)34-2)13-16-7-5-4-6-8-16;1-3-19-15-32-23(26-19)21(14-17-9-11-18(25)12-10-17)27-22(29)20(28-24(30)31-2)13-16-7-5-4-6-8-16;;;/h3*4-12,15,20-21,28H,3,13-14H2,1-2H3,(H,26,29)(H,27,30)(H,31,32,33);4-12,15,20-21H,3,13-14,25H2,1-2H3,(H,27,29)(H,28,30);2*1H4;/q;;;;;;+1/p-1/t4*20-,21-;;;/m0000.../s1. The Morgan fingerprint density at radius 2 is 0.510 bits per heavy atom. The molecular formula is C98H119N16NaO21S7. The summed E-state index contributed by atoms with van der Waals surface area (Å²) in [6.07, 6.45) is 3.01. The van der Waals surface area contributed by atoms with Crippen LogP contribution < -0.4 is 92.0 Å². The molecule has 8 atom stereocenters. The van der Waals surface area contributed by atoms with Gasteiger partial charge in [-0.15, -0.1) is 45.3 Å². The summed E-state index contributed by atoms with van der Waals surface area (Å²) >= 11 is 5.79.